The molecule has 0 spiro atoms. The fourth-order valence-corrected chi connectivity index (χ4v) is 3.84. The molecular weight excluding hydrogens is 342 g/mol. The summed E-state index contributed by atoms with van der Waals surface area (Å²) >= 11 is 0. The van der Waals surface area contributed by atoms with E-state index in [1.165, 1.54) is 6.42 Å². The normalized spacial score (nSPS) is 18.4. The van der Waals surface area contributed by atoms with Crippen LogP contribution in [0.1, 0.15) is 31.2 Å². The quantitative estimate of drug-likeness (QED) is 0.763. The van der Waals surface area contributed by atoms with Crippen molar-refractivity contribution in [3.05, 3.63) is 29.8 Å². The molecule has 1 aromatic carbocycles. The van der Waals surface area contributed by atoms with Gasteiger partial charge in [0.1, 0.15) is 5.75 Å². The monoisotopic (exact) mass is 373 g/mol. The third-order valence-electron chi connectivity index (χ3n) is 5.57. The number of hydrogen-bond acceptors (Lipinski definition) is 4. The topological polar surface area (TPSA) is 53.1 Å². The van der Waals surface area contributed by atoms with Gasteiger partial charge in [0.25, 0.3) is 0 Å². The molecule has 27 heavy (non-hydrogen) atoms. The van der Waals surface area contributed by atoms with Crippen LogP contribution in [0.15, 0.2) is 24.3 Å². The van der Waals surface area contributed by atoms with E-state index >= 15 is 0 Å². The van der Waals surface area contributed by atoms with Gasteiger partial charge >= 0.3 is 0 Å². The maximum absolute atomic E-state index is 12.6. The first-order valence-electron chi connectivity index (χ1n) is 10.1. The van der Waals surface area contributed by atoms with Crippen LogP contribution >= 0.6 is 0 Å². The Morgan fingerprint density at radius 1 is 0.926 bits per heavy atom. The smallest absolute Gasteiger partial charge is 0.227 e. The highest BCUT2D eigenvalue weighted by molar-refractivity contribution is 5.79. The molecule has 0 radical (unpaired) electrons. The Bertz CT molecular complexity index is 635. The first kappa shape index (κ1) is 19.7. The number of nitrogens with zero attached hydrogens (tertiary/aromatic N) is 3. The zero-order valence-corrected chi connectivity index (χ0v) is 16.4. The van der Waals surface area contributed by atoms with E-state index in [4.69, 9.17) is 4.74 Å². The Hall–Kier alpha value is -2.08. The predicted molar refractivity (Wildman–Crippen MR) is 105 cm³/mol. The minimum Gasteiger partial charge on any atom is -0.497 e. The zero-order valence-electron chi connectivity index (χ0n) is 16.4. The molecule has 0 aliphatic carbocycles. The Labute approximate surface area is 162 Å². The van der Waals surface area contributed by atoms with Crippen molar-refractivity contribution in [1.29, 1.82) is 0 Å². The summed E-state index contributed by atoms with van der Waals surface area (Å²) < 4.78 is 5.22. The van der Waals surface area contributed by atoms with Crippen molar-refractivity contribution >= 4 is 11.8 Å². The molecule has 0 aromatic heterocycles. The summed E-state index contributed by atoms with van der Waals surface area (Å²) in [6.07, 6.45) is 4.53. The molecule has 0 bridgehead atoms. The van der Waals surface area contributed by atoms with Crippen LogP contribution in [0.3, 0.4) is 0 Å². The van der Waals surface area contributed by atoms with Gasteiger partial charge in [-0.25, -0.2) is 0 Å². The number of ether oxygens (including phenoxy) is 1. The molecule has 2 aliphatic rings. The maximum atomic E-state index is 12.6. The largest absolute Gasteiger partial charge is 0.497 e. The highest BCUT2D eigenvalue weighted by Gasteiger charge is 2.23. The van der Waals surface area contributed by atoms with E-state index in [1.54, 1.807) is 7.11 Å². The van der Waals surface area contributed by atoms with Crippen molar-refractivity contribution < 1.29 is 14.3 Å². The molecule has 1 aromatic rings. The second-order valence-electron chi connectivity index (χ2n) is 7.44. The number of likely N-dealkylation sites (tertiary alicyclic amines) is 1. The van der Waals surface area contributed by atoms with Crippen LogP contribution in [0.2, 0.25) is 0 Å². The van der Waals surface area contributed by atoms with Crippen molar-refractivity contribution in [2.24, 2.45) is 0 Å². The van der Waals surface area contributed by atoms with E-state index in [-0.39, 0.29) is 11.8 Å². The maximum Gasteiger partial charge on any atom is 0.227 e. The highest BCUT2D eigenvalue weighted by Crippen LogP contribution is 2.15. The van der Waals surface area contributed by atoms with Crippen molar-refractivity contribution in [2.75, 3.05) is 52.9 Å². The van der Waals surface area contributed by atoms with Crippen LogP contribution in [-0.4, -0.2) is 79.4 Å². The van der Waals surface area contributed by atoms with E-state index in [9.17, 15) is 9.59 Å². The Kier molecular flexibility index (Phi) is 7.10. The molecular formula is C21H31N3O3. The summed E-state index contributed by atoms with van der Waals surface area (Å²) in [5.74, 6) is 1.22. The van der Waals surface area contributed by atoms with E-state index in [0.29, 0.717) is 12.8 Å². The fourth-order valence-electron chi connectivity index (χ4n) is 3.84. The van der Waals surface area contributed by atoms with E-state index < -0.39 is 0 Å². The van der Waals surface area contributed by atoms with Crippen molar-refractivity contribution in [1.82, 2.24) is 14.7 Å². The van der Waals surface area contributed by atoms with Crippen molar-refractivity contribution in [3.8, 4) is 5.75 Å². The van der Waals surface area contributed by atoms with Gasteiger partial charge in [0.05, 0.1) is 13.5 Å². The Morgan fingerprint density at radius 2 is 1.63 bits per heavy atom. The lowest BCUT2D eigenvalue weighted by molar-refractivity contribution is -0.134. The third kappa shape index (κ3) is 5.70. The molecule has 2 amide bonds. The lowest BCUT2D eigenvalue weighted by Gasteiger charge is -2.35. The van der Waals surface area contributed by atoms with Gasteiger partial charge in [0.2, 0.25) is 11.8 Å². The van der Waals surface area contributed by atoms with E-state index in [1.807, 2.05) is 34.1 Å². The number of benzene rings is 1. The Morgan fingerprint density at radius 3 is 2.33 bits per heavy atom. The number of amides is 2. The number of hydrogen-bond donors (Lipinski definition) is 0. The molecule has 0 saturated carbocycles. The van der Waals surface area contributed by atoms with Gasteiger partial charge in [-0.05, 0) is 37.0 Å². The minimum absolute atomic E-state index is 0.160. The lowest BCUT2D eigenvalue weighted by atomic mass is 10.1. The molecule has 0 atom stereocenters. The van der Waals surface area contributed by atoms with Crippen LogP contribution in [0.4, 0.5) is 0 Å². The van der Waals surface area contributed by atoms with Gasteiger partial charge in [-0.15, -0.1) is 0 Å². The summed E-state index contributed by atoms with van der Waals surface area (Å²) in [5.41, 5.74) is 0.980. The van der Waals surface area contributed by atoms with Crippen LogP contribution < -0.4 is 4.74 Å². The van der Waals surface area contributed by atoms with Gasteiger partial charge < -0.3 is 14.5 Å². The predicted octanol–water partition coefficient (Wildman–Crippen LogP) is 1.78. The molecule has 0 N–H and O–H groups in total. The fraction of sp³-hybridized carbons (Fsp3) is 0.619. The molecule has 148 valence electrons. The van der Waals surface area contributed by atoms with Crippen molar-refractivity contribution in [2.45, 2.75) is 32.1 Å². The van der Waals surface area contributed by atoms with Crippen LogP contribution in [-0.2, 0) is 16.0 Å². The molecule has 0 unspecified atom stereocenters. The van der Waals surface area contributed by atoms with E-state index in [2.05, 4.69) is 4.90 Å². The standard InChI is InChI=1S/C21H31N3O3/c1-27-19-7-5-6-18(16-19)17-21(26)24-14-12-22(13-15-24)11-8-20(25)23-9-3-2-4-10-23/h5-7,16H,2-4,8-15,17H2,1H3. The summed E-state index contributed by atoms with van der Waals surface area (Å²) in [6.45, 7) is 5.81. The highest BCUT2D eigenvalue weighted by atomic mass is 16.5. The van der Waals surface area contributed by atoms with Gasteiger partial charge in [0.15, 0.2) is 0 Å². The average molecular weight is 373 g/mol. The molecule has 6 heteroatoms. The number of piperazine rings is 1. The van der Waals surface area contributed by atoms with Gasteiger partial charge in [0, 0.05) is 52.2 Å². The molecule has 2 saturated heterocycles. The SMILES string of the molecule is COc1cccc(CC(=O)N2CCN(CCC(=O)N3CCCCC3)CC2)c1. The number of carbonyl (C=O) groups is 2. The molecule has 2 heterocycles. The van der Waals surface area contributed by atoms with E-state index in [0.717, 1.165) is 70.0 Å². The van der Waals surface area contributed by atoms with Gasteiger partial charge in [-0.2, -0.15) is 0 Å². The minimum atomic E-state index is 0.160. The average Bonchev–Trinajstić information content (AvgIpc) is 2.73. The zero-order chi connectivity index (χ0) is 19.1. The molecule has 2 aliphatic heterocycles. The van der Waals surface area contributed by atoms with Crippen LogP contribution in [0.25, 0.3) is 0 Å². The first-order valence-corrected chi connectivity index (χ1v) is 10.1. The summed E-state index contributed by atoms with van der Waals surface area (Å²) in [6, 6.07) is 7.68. The number of methoxy groups -OCH3 is 1. The summed E-state index contributed by atoms with van der Waals surface area (Å²) in [4.78, 5) is 31.1. The number of rotatable bonds is 6. The van der Waals surface area contributed by atoms with Gasteiger partial charge in [-0.3, -0.25) is 14.5 Å². The lowest BCUT2D eigenvalue weighted by Crippen LogP contribution is -2.50. The summed E-state index contributed by atoms with van der Waals surface area (Å²) in [7, 11) is 1.64. The molecule has 6 nitrogen and oxygen atoms in total. The van der Waals surface area contributed by atoms with Crippen LogP contribution in [0.5, 0.6) is 5.75 Å². The summed E-state index contributed by atoms with van der Waals surface area (Å²) in [5, 5.41) is 0. The number of piperidine rings is 1. The second-order valence-corrected chi connectivity index (χ2v) is 7.44. The second kappa shape index (κ2) is 9.74. The van der Waals surface area contributed by atoms with Gasteiger partial charge in [-0.1, -0.05) is 12.1 Å². The third-order valence-corrected chi connectivity index (χ3v) is 5.57. The van der Waals surface area contributed by atoms with Crippen LogP contribution in [0, 0.1) is 0 Å². The van der Waals surface area contributed by atoms with Crippen molar-refractivity contribution in [3.63, 3.8) is 0 Å². The molecule has 3 rings (SSSR count). The number of carbonyl (C=O) groups excluding carboxylic acids is 2. The first-order chi connectivity index (χ1) is 13.2. The Balaban J connectivity index is 1.39. The molecule has 2 fully saturated rings.